The van der Waals surface area contributed by atoms with Crippen molar-refractivity contribution in [3.05, 3.63) is 47.2 Å². The molecule has 0 saturated heterocycles. The van der Waals surface area contributed by atoms with Crippen LogP contribution in [0.25, 0.3) is 0 Å². The van der Waals surface area contributed by atoms with Crippen LogP contribution in [0.1, 0.15) is 51.6 Å². The number of carbonyl (C=O) groups excluding carboxylic acids is 1. The molecule has 0 bridgehead atoms. The largest absolute Gasteiger partial charge is 0.361 e. The standard InChI is InChI=1S/C20H26N2O2S/c1-4-10-24-13-22-18(14-8-6-5-7-9-14)17-15(21-19(22)25)11-20(2,3)12-16(17)23/h5-9,18H,4,10-13H2,1-3H3,(H,21,25). The highest BCUT2D eigenvalue weighted by Gasteiger charge is 2.42. The van der Waals surface area contributed by atoms with Crippen molar-refractivity contribution in [2.45, 2.75) is 46.1 Å². The van der Waals surface area contributed by atoms with Crippen LogP contribution in [0, 0.1) is 5.41 Å². The van der Waals surface area contributed by atoms with Gasteiger partial charge >= 0.3 is 0 Å². The zero-order valence-corrected chi connectivity index (χ0v) is 16.0. The van der Waals surface area contributed by atoms with Crippen LogP contribution >= 0.6 is 12.2 Å². The number of ether oxygens (including phenoxy) is 1. The number of allylic oxidation sites excluding steroid dienone is 1. The number of benzene rings is 1. The minimum absolute atomic E-state index is 0.0410. The summed E-state index contributed by atoms with van der Waals surface area (Å²) in [4.78, 5) is 15.0. The van der Waals surface area contributed by atoms with E-state index in [1.165, 1.54) is 0 Å². The average molecular weight is 359 g/mol. The molecule has 0 saturated carbocycles. The lowest BCUT2D eigenvalue weighted by atomic mass is 9.72. The molecule has 1 unspecified atom stereocenters. The van der Waals surface area contributed by atoms with Crippen molar-refractivity contribution in [2.24, 2.45) is 5.41 Å². The molecule has 2 aliphatic rings. The molecular formula is C20H26N2O2S. The van der Waals surface area contributed by atoms with Gasteiger partial charge in [0.1, 0.15) is 6.73 Å². The van der Waals surface area contributed by atoms with Crippen molar-refractivity contribution in [3.63, 3.8) is 0 Å². The summed E-state index contributed by atoms with van der Waals surface area (Å²) in [5, 5.41) is 3.95. The third-order valence-electron chi connectivity index (χ3n) is 4.72. The highest BCUT2D eigenvalue weighted by molar-refractivity contribution is 7.80. The monoisotopic (exact) mass is 358 g/mol. The van der Waals surface area contributed by atoms with E-state index in [9.17, 15) is 4.79 Å². The maximum atomic E-state index is 13.0. The molecule has 0 aromatic heterocycles. The van der Waals surface area contributed by atoms with Gasteiger partial charge in [-0.15, -0.1) is 0 Å². The molecule has 0 fully saturated rings. The number of carbonyl (C=O) groups is 1. The molecule has 1 N–H and O–H groups in total. The minimum Gasteiger partial charge on any atom is -0.361 e. The molecular weight excluding hydrogens is 332 g/mol. The van der Waals surface area contributed by atoms with E-state index in [0.29, 0.717) is 24.9 Å². The second kappa shape index (κ2) is 7.26. The predicted molar refractivity (Wildman–Crippen MR) is 103 cm³/mol. The van der Waals surface area contributed by atoms with Gasteiger partial charge in [0.05, 0.1) is 6.04 Å². The highest BCUT2D eigenvalue weighted by Crippen LogP contribution is 2.44. The first-order valence-electron chi connectivity index (χ1n) is 8.89. The van der Waals surface area contributed by atoms with Gasteiger partial charge in [0.25, 0.3) is 0 Å². The fraction of sp³-hybridized carbons (Fsp3) is 0.500. The van der Waals surface area contributed by atoms with E-state index in [1.54, 1.807) is 0 Å². The molecule has 0 radical (unpaired) electrons. The number of Topliss-reactive ketones (excluding diaryl/α,β-unsaturated/α-hetero) is 1. The Bertz CT molecular complexity index is 697. The van der Waals surface area contributed by atoms with Gasteiger partial charge in [-0.2, -0.15) is 0 Å². The molecule has 1 heterocycles. The van der Waals surface area contributed by atoms with Gasteiger partial charge in [0.2, 0.25) is 0 Å². The molecule has 3 rings (SSSR count). The molecule has 4 nitrogen and oxygen atoms in total. The lowest BCUT2D eigenvalue weighted by Gasteiger charge is -2.44. The lowest BCUT2D eigenvalue weighted by molar-refractivity contribution is -0.119. The Morgan fingerprint density at radius 3 is 2.68 bits per heavy atom. The van der Waals surface area contributed by atoms with Gasteiger partial charge < -0.3 is 15.0 Å². The smallest absolute Gasteiger partial charge is 0.175 e. The summed E-state index contributed by atoms with van der Waals surface area (Å²) in [5.41, 5.74) is 2.86. The molecule has 1 aromatic carbocycles. The number of nitrogens with one attached hydrogen (secondary N) is 1. The van der Waals surface area contributed by atoms with Crippen LogP contribution in [-0.2, 0) is 9.53 Å². The summed E-state index contributed by atoms with van der Waals surface area (Å²) in [5.74, 6) is 0.204. The Kier molecular flexibility index (Phi) is 5.25. The maximum Gasteiger partial charge on any atom is 0.175 e. The number of hydrogen-bond acceptors (Lipinski definition) is 3. The minimum atomic E-state index is -0.176. The van der Waals surface area contributed by atoms with E-state index in [1.807, 2.05) is 23.1 Å². The topological polar surface area (TPSA) is 41.6 Å². The normalized spacial score (nSPS) is 22.7. The van der Waals surface area contributed by atoms with Crippen LogP contribution in [0.4, 0.5) is 0 Å². The Balaban J connectivity index is 2.03. The SMILES string of the molecule is CCCOCN1C(=S)NC2=C(C(=O)CC(C)(C)C2)C1c1ccccc1. The molecule has 0 spiro atoms. The number of ketones is 1. The maximum absolute atomic E-state index is 13.0. The van der Waals surface area contributed by atoms with Crippen molar-refractivity contribution >= 4 is 23.1 Å². The van der Waals surface area contributed by atoms with Gasteiger partial charge in [-0.1, -0.05) is 51.1 Å². The van der Waals surface area contributed by atoms with Crippen LogP contribution in [0.2, 0.25) is 0 Å². The Labute approximate surface area is 155 Å². The molecule has 1 aromatic rings. The fourth-order valence-corrected chi connectivity index (χ4v) is 3.94. The second-order valence-electron chi connectivity index (χ2n) is 7.58. The summed E-state index contributed by atoms with van der Waals surface area (Å²) in [6.07, 6.45) is 2.35. The Hall–Kier alpha value is -1.72. The summed E-state index contributed by atoms with van der Waals surface area (Å²) < 4.78 is 5.76. The zero-order valence-electron chi connectivity index (χ0n) is 15.2. The second-order valence-corrected chi connectivity index (χ2v) is 7.97. The van der Waals surface area contributed by atoms with Crippen molar-refractivity contribution in [1.29, 1.82) is 0 Å². The van der Waals surface area contributed by atoms with Gasteiger partial charge in [0.15, 0.2) is 10.9 Å². The third-order valence-corrected chi connectivity index (χ3v) is 5.05. The number of thiocarbonyl (C=S) groups is 1. The molecule has 25 heavy (non-hydrogen) atoms. The quantitative estimate of drug-likeness (QED) is 0.638. The van der Waals surface area contributed by atoms with E-state index >= 15 is 0 Å². The highest BCUT2D eigenvalue weighted by atomic mass is 32.1. The van der Waals surface area contributed by atoms with Crippen LogP contribution in [-0.4, -0.2) is 29.1 Å². The van der Waals surface area contributed by atoms with Gasteiger partial charge in [-0.3, -0.25) is 4.79 Å². The van der Waals surface area contributed by atoms with Crippen molar-refractivity contribution in [2.75, 3.05) is 13.3 Å². The summed E-state index contributed by atoms with van der Waals surface area (Å²) in [7, 11) is 0. The van der Waals surface area contributed by atoms with E-state index in [-0.39, 0.29) is 17.2 Å². The van der Waals surface area contributed by atoms with Crippen molar-refractivity contribution < 1.29 is 9.53 Å². The molecule has 5 heteroatoms. The summed E-state index contributed by atoms with van der Waals surface area (Å²) in [6, 6.07) is 9.94. The predicted octanol–water partition coefficient (Wildman–Crippen LogP) is 3.95. The molecule has 0 amide bonds. The van der Waals surface area contributed by atoms with Gasteiger partial charge in [-0.05, 0) is 36.0 Å². The van der Waals surface area contributed by atoms with E-state index in [4.69, 9.17) is 17.0 Å². The van der Waals surface area contributed by atoms with Gasteiger partial charge in [0, 0.05) is 24.3 Å². The molecule has 1 atom stereocenters. The summed E-state index contributed by atoms with van der Waals surface area (Å²) >= 11 is 5.63. The molecule has 134 valence electrons. The van der Waals surface area contributed by atoms with Crippen LogP contribution in [0.15, 0.2) is 41.6 Å². The number of hydrogen-bond donors (Lipinski definition) is 1. The molecule has 1 aliphatic heterocycles. The van der Waals surface area contributed by atoms with E-state index in [2.05, 4.69) is 38.2 Å². The molecule has 1 aliphatic carbocycles. The summed E-state index contributed by atoms with van der Waals surface area (Å²) in [6.45, 7) is 7.40. The van der Waals surface area contributed by atoms with E-state index in [0.717, 1.165) is 29.7 Å². The first kappa shape index (κ1) is 18.1. The van der Waals surface area contributed by atoms with Crippen molar-refractivity contribution in [1.82, 2.24) is 10.2 Å². The van der Waals surface area contributed by atoms with Crippen molar-refractivity contribution in [3.8, 4) is 0 Å². The Morgan fingerprint density at radius 1 is 1.28 bits per heavy atom. The first-order chi connectivity index (χ1) is 11.9. The third kappa shape index (κ3) is 3.77. The van der Waals surface area contributed by atoms with Crippen LogP contribution in [0.3, 0.4) is 0 Å². The number of rotatable bonds is 5. The fourth-order valence-electron chi connectivity index (χ4n) is 3.66. The Morgan fingerprint density at radius 2 is 2.00 bits per heavy atom. The first-order valence-corrected chi connectivity index (χ1v) is 9.30. The lowest BCUT2D eigenvalue weighted by Crippen LogP contribution is -2.51. The average Bonchev–Trinajstić information content (AvgIpc) is 2.55. The number of nitrogens with zero attached hydrogens (tertiary/aromatic N) is 1. The van der Waals surface area contributed by atoms with E-state index < -0.39 is 0 Å². The van der Waals surface area contributed by atoms with Crippen LogP contribution < -0.4 is 5.32 Å². The van der Waals surface area contributed by atoms with Crippen LogP contribution in [0.5, 0.6) is 0 Å². The van der Waals surface area contributed by atoms with Gasteiger partial charge in [-0.25, -0.2) is 0 Å². The zero-order chi connectivity index (χ0) is 18.0.